The number of aromatic nitrogens is 1. The van der Waals surface area contributed by atoms with Crippen molar-refractivity contribution in [1.82, 2.24) is 10.3 Å². The molecule has 0 aliphatic carbocycles. The maximum atomic E-state index is 11.7. The number of carbonyl (C=O) groups is 1. The van der Waals surface area contributed by atoms with Gasteiger partial charge in [-0.3, -0.25) is 4.79 Å². The Balaban J connectivity index is 1.86. The lowest BCUT2D eigenvalue weighted by molar-refractivity contribution is -0.122. The Morgan fingerprint density at radius 2 is 2.39 bits per heavy atom. The second kappa shape index (κ2) is 4.30. The number of pyridine rings is 1. The van der Waals surface area contributed by atoms with Crippen molar-refractivity contribution in [2.45, 2.75) is 18.9 Å². The molecule has 2 aliphatic heterocycles. The minimum absolute atomic E-state index is 0.106. The van der Waals surface area contributed by atoms with Crippen molar-refractivity contribution < 1.29 is 4.79 Å². The van der Waals surface area contributed by atoms with Crippen LogP contribution in [0, 0.1) is 17.2 Å². The van der Waals surface area contributed by atoms with Crippen molar-refractivity contribution in [3.8, 4) is 6.07 Å². The molecule has 3 rings (SSSR count). The smallest absolute Gasteiger partial charge is 0.225 e. The Bertz CT molecular complexity index is 505. The van der Waals surface area contributed by atoms with Crippen LogP contribution in [0.2, 0.25) is 0 Å². The summed E-state index contributed by atoms with van der Waals surface area (Å²) in [5, 5.41) is 11.7. The Hall–Kier alpha value is -2.09. The summed E-state index contributed by atoms with van der Waals surface area (Å²) in [7, 11) is 0. The molecule has 0 radical (unpaired) electrons. The van der Waals surface area contributed by atoms with Gasteiger partial charge in [-0.2, -0.15) is 5.26 Å². The van der Waals surface area contributed by atoms with Crippen LogP contribution in [0.1, 0.15) is 18.5 Å². The van der Waals surface area contributed by atoms with Gasteiger partial charge < -0.3 is 10.2 Å². The number of nitrogens with one attached hydrogen (secondary N) is 1. The molecule has 2 fully saturated rings. The lowest BCUT2D eigenvalue weighted by Gasteiger charge is -2.37. The third-order valence-electron chi connectivity index (χ3n) is 3.80. The van der Waals surface area contributed by atoms with Gasteiger partial charge in [0.15, 0.2) is 0 Å². The number of piperidine rings is 1. The number of carbonyl (C=O) groups excluding carboxylic acids is 1. The first-order valence-corrected chi connectivity index (χ1v) is 6.20. The van der Waals surface area contributed by atoms with Crippen LogP contribution in [0.5, 0.6) is 0 Å². The van der Waals surface area contributed by atoms with Crippen LogP contribution in [0.15, 0.2) is 18.3 Å². The summed E-state index contributed by atoms with van der Waals surface area (Å²) in [6.45, 7) is 1.66. The minimum Gasteiger partial charge on any atom is -0.365 e. The summed E-state index contributed by atoms with van der Waals surface area (Å²) in [5.74, 6) is 0.278. The second-order valence-electron chi connectivity index (χ2n) is 4.77. The first-order chi connectivity index (χ1) is 8.79. The molecular weight excluding hydrogens is 228 g/mol. The van der Waals surface area contributed by atoms with E-state index < -0.39 is 0 Å². The third-order valence-corrected chi connectivity index (χ3v) is 3.80. The highest BCUT2D eigenvalue weighted by Gasteiger charge is 2.40. The lowest BCUT2D eigenvalue weighted by atomic mass is 9.91. The number of rotatable bonds is 1. The number of hydrogen-bond donors (Lipinski definition) is 1. The van der Waals surface area contributed by atoms with E-state index in [1.807, 2.05) is 12.1 Å². The molecule has 1 N–H and O–H groups in total. The van der Waals surface area contributed by atoms with Crippen molar-refractivity contribution in [3.05, 3.63) is 24.0 Å². The van der Waals surface area contributed by atoms with Gasteiger partial charge in [0, 0.05) is 13.1 Å². The third kappa shape index (κ3) is 1.70. The quantitative estimate of drug-likeness (QED) is 0.785. The van der Waals surface area contributed by atoms with E-state index in [0.29, 0.717) is 12.2 Å². The summed E-state index contributed by atoms with van der Waals surface area (Å²) in [5.41, 5.74) is 1.42. The molecule has 2 saturated heterocycles. The molecular formula is C13H14N4O. The van der Waals surface area contributed by atoms with Crippen LogP contribution in [0.3, 0.4) is 0 Å². The number of fused-ring (bicyclic) bond motifs is 1. The van der Waals surface area contributed by atoms with Gasteiger partial charge in [-0.05, 0) is 25.0 Å². The Morgan fingerprint density at radius 1 is 1.50 bits per heavy atom. The van der Waals surface area contributed by atoms with Crippen molar-refractivity contribution in [1.29, 1.82) is 5.26 Å². The molecule has 2 unspecified atom stereocenters. The summed E-state index contributed by atoms with van der Waals surface area (Å²) in [4.78, 5) is 18.0. The average Bonchev–Trinajstić information content (AvgIpc) is 2.81. The molecule has 1 aromatic rings. The van der Waals surface area contributed by atoms with E-state index in [0.717, 1.165) is 25.1 Å². The van der Waals surface area contributed by atoms with Crippen molar-refractivity contribution in [2.24, 2.45) is 5.92 Å². The maximum Gasteiger partial charge on any atom is 0.225 e. The largest absolute Gasteiger partial charge is 0.365 e. The van der Waals surface area contributed by atoms with Gasteiger partial charge in [0.1, 0.15) is 11.8 Å². The SMILES string of the molecule is N#Cc1ccc(N2CCCC3C(=O)NCC32)cn1. The predicted molar refractivity (Wildman–Crippen MR) is 65.8 cm³/mol. The van der Waals surface area contributed by atoms with Crippen LogP contribution in [-0.4, -0.2) is 30.0 Å². The fraction of sp³-hybridized carbons (Fsp3) is 0.462. The summed E-state index contributed by atoms with van der Waals surface area (Å²) >= 11 is 0. The van der Waals surface area contributed by atoms with Crippen LogP contribution < -0.4 is 10.2 Å². The highest BCUT2D eigenvalue weighted by atomic mass is 16.2. The monoisotopic (exact) mass is 242 g/mol. The molecule has 0 aromatic carbocycles. The summed E-state index contributed by atoms with van der Waals surface area (Å²) in [6.07, 6.45) is 3.72. The Kier molecular flexibility index (Phi) is 2.63. The van der Waals surface area contributed by atoms with E-state index in [9.17, 15) is 4.79 Å². The summed E-state index contributed by atoms with van der Waals surface area (Å²) < 4.78 is 0. The molecule has 2 aliphatic rings. The fourth-order valence-electron chi connectivity index (χ4n) is 2.89. The van der Waals surface area contributed by atoms with Crippen molar-refractivity contribution in [3.63, 3.8) is 0 Å². The van der Waals surface area contributed by atoms with Crippen LogP contribution >= 0.6 is 0 Å². The molecule has 3 heterocycles. The normalized spacial score (nSPS) is 26.4. The Morgan fingerprint density at radius 3 is 3.11 bits per heavy atom. The van der Waals surface area contributed by atoms with Crippen molar-refractivity contribution in [2.75, 3.05) is 18.0 Å². The molecule has 0 saturated carbocycles. The van der Waals surface area contributed by atoms with E-state index in [2.05, 4.69) is 15.2 Å². The lowest BCUT2D eigenvalue weighted by Crippen LogP contribution is -2.45. The van der Waals surface area contributed by atoms with E-state index >= 15 is 0 Å². The zero-order valence-electron chi connectivity index (χ0n) is 9.97. The summed E-state index contributed by atoms with van der Waals surface area (Å²) in [6, 6.07) is 5.89. The number of nitrogens with zero attached hydrogens (tertiary/aromatic N) is 3. The van der Waals surface area contributed by atoms with Gasteiger partial charge in [-0.1, -0.05) is 0 Å². The zero-order chi connectivity index (χ0) is 12.5. The van der Waals surface area contributed by atoms with Gasteiger partial charge in [0.05, 0.1) is 23.8 Å². The van der Waals surface area contributed by atoms with Crippen LogP contribution in [0.4, 0.5) is 5.69 Å². The maximum absolute atomic E-state index is 11.7. The molecule has 18 heavy (non-hydrogen) atoms. The van der Waals surface area contributed by atoms with E-state index in [1.54, 1.807) is 12.3 Å². The van der Waals surface area contributed by atoms with Gasteiger partial charge >= 0.3 is 0 Å². The van der Waals surface area contributed by atoms with Crippen molar-refractivity contribution >= 4 is 11.6 Å². The minimum atomic E-state index is 0.106. The van der Waals surface area contributed by atoms with Gasteiger partial charge in [0.2, 0.25) is 5.91 Å². The van der Waals surface area contributed by atoms with Gasteiger partial charge in [0.25, 0.3) is 0 Å². The second-order valence-corrected chi connectivity index (χ2v) is 4.77. The number of anilines is 1. The van der Waals surface area contributed by atoms with Gasteiger partial charge in [-0.25, -0.2) is 4.98 Å². The molecule has 1 amide bonds. The molecule has 1 aromatic heterocycles. The standard InChI is InChI=1S/C13H14N4O/c14-6-9-3-4-10(7-15-9)17-5-1-2-11-12(17)8-16-13(11)18/h3-4,7,11-12H,1-2,5,8H2,(H,16,18). The van der Waals surface area contributed by atoms with Crippen LogP contribution in [0.25, 0.3) is 0 Å². The first kappa shape index (κ1) is 11.0. The van der Waals surface area contributed by atoms with Crippen LogP contribution in [-0.2, 0) is 4.79 Å². The first-order valence-electron chi connectivity index (χ1n) is 6.20. The Labute approximate surface area is 105 Å². The molecule has 5 heteroatoms. The highest BCUT2D eigenvalue weighted by Crippen LogP contribution is 2.31. The van der Waals surface area contributed by atoms with E-state index in [-0.39, 0.29) is 17.9 Å². The average molecular weight is 242 g/mol. The molecule has 5 nitrogen and oxygen atoms in total. The number of amides is 1. The van der Waals surface area contributed by atoms with E-state index in [4.69, 9.17) is 5.26 Å². The number of nitriles is 1. The molecule has 0 bridgehead atoms. The highest BCUT2D eigenvalue weighted by molar-refractivity contribution is 5.83. The topological polar surface area (TPSA) is 69.0 Å². The predicted octanol–water partition coefficient (Wildman–Crippen LogP) is 0.668. The van der Waals surface area contributed by atoms with Gasteiger partial charge in [-0.15, -0.1) is 0 Å². The molecule has 0 spiro atoms. The zero-order valence-corrected chi connectivity index (χ0v) is 9.97. The van der Waals surface area contributed by atoms with E-state index in [1.165, 1.54) is 0 Å². The fourth-order valence-corrected chi connectivity index (χ4v) is 2.89. The molecule has 2 atom stereocenters. The molecule has 92 valence electrons. The number of hydrogen-bond acceptors (Lipinski definition) is 4.